The molecule has 0 radical (unpaired) electrons. The monoisotopic (exact) mass is 395 g/mol. The van der Waals surface area contributed by atoms with E-state index < -0.39 is 21.8 Å². The van der Waals surface area contributed by atoms with Crippen LogP contribution in [0.25, 0.3) is 0 Å². The fraction of sp³-hybridized carbons (Fsp3) is 0.176. The lowest BCUT2D eigenvalue weighted by Crippen LogP contribution is -2.42. The molecule has 0 aliphatic rings. The van der Waals surface area contributed by atoms with Crippen molar-refractivity contribution in [1.82, 2.24) is 10.9 Å². The van der Waals surface area contributed by atoms with Crippen LogP contribution in [0.4, 0.5) is 0 Å². The number of nitrogens with one attached hydrogen (secondary N) is 2. The maximum absolute atomic E-state index is 12.1. The zero-order chi connectivity index (χ0) is 19.5. The number of rotatable bonds is 4. The molecule has 0 saturated carbocycles. The van der Waals surface area contributed by atoms with Gasteiger partial charge in [0.15, 0.2) is 0 Å². The number of carbonyl (C=O) groups is 2. The molecule has 0 fully saturated rings. The Bertz CT molecular complexity index is 974. The molecule has 0 saturated heterocycles. The average molecular weight is 396 g/mol. The molecule has 7 nitrogen and oxygen atoms in total. The van der Waals surface area contributed by atoms with Gasteiger partial charge in [0.05, 0.1) is 11.4 Å². The van der Waals surface area contributed by atoms with E-state index in [-0.39, 0.29) is 21.9 Å². The Balaban J connectivity index is 2.02. The molecule has 0 aliphatic heterocycles. The molecular formula is C17H18ClN3O4S. The molecule has 2 amide bonds. The molecule has 0 heterocycles. The molecule has 9 heteroatoms. The second-order valence-corrected chi connectivity index (χ2v) is 7.72. The van der Waals surface area contributed by atoms with Crippen molar-refractivity contribution >= 4 is 33.4 Å². The number of carbonyl (C=O) groups excluding carboxylic acids is 2. The second kappa shape index (κ2) is 7.86. The first-order valence-electron chi connectivity index (χ1n) is 7.55. The van der Waals surface area contributed by atoms with E-state index in [4.69, 9.17) is 16.7 Å². The minimum Gasteiger partial charge on any atom is -0.273 e. The van der Waals surface area contributed by atoms with Crippen LogP contribution in [0, 0.1) is 13.8 Å². The van der Waals surface area contributed by atoms with Gasteiger partial charge < -0.3 is 0 Å². The lowest BCUT2D eigenvalue weighted by atomic mass is 10.0. The number of sulfonamides is 1. The number of aryl methyl sites for hydroxylation is 2. The zero-order valence-electron chi connectivity index (χ0n) is 14.2. The predicted octanol–water partition coefficient (Wildman–Crippen LogP) is 1.61. The summed E-state index contributed by atoms with van der Waals surface area (Å²) in [4.78, 5) is 23.7. The van der Waals surface area contributed by atoms with Crippen LogP contribution < -0.4 is 16.0 Å². The highest BCUT2D eigenvalue weighted by Crippen LogP contribution is 2.21. The maximum atomic E-state index is 12.1. The third kappa shape index (κ3) is 5.04. The summed E-state index contributed by atoms with van der Waals surface area (Å²) in [5, 5.41) is 4.95. The molecule has 26 heavy (non-hydrogen) atoms. The van der Waals surface area contributed by atoms with Gasteiger partial charge in [0.25, 0.3) is 5.91 Å². The minimum absolute atomic E-state index is 0.00935. The van der Waals surface area contributed by atoms with Crippen molar-refractivity contribution in [3.63, 3.8) is 0 Å². The van der Waals surface area contributed by atoms with Crippen LogP contribution in [0.3, 0.4) is 0 Å². The first-order chi connectivity index (χ1) is 12.1. The van der Waals surface area contributed by atoms with E-state index in [2.05, 4.69) is 10.9 Å². The van der Waals surface area contributed by atoms with Crippen LogP contribution in [-0.4, -0.2) is 20.2 Å². The van der Waals surface area contributed by atoms with E-state index in [0.717, 1.165) is 22.8 Å². The lowest BCUT2D eigenvalue weighted by Gasteiger charge is -2.10. The van der Waals surface area contributed by atoms with Crippen LogP contribution >= 0.6 is 11.6 Å². The van der Waals surface area contributed by atoms with E-state index in [1.807, 2.05) is 32.0 Å². The molecule has 2 aromatic carbocycles. The molecule has 0 unspecified atom stereocenters. The van der Waals surface area contributed by atoms with E-state index >= 15 is 0 Å². The van der Waals surface area contributed by atoms with Gasteiger partial charge in [-0.3, -0.25) is 20.4 Å². The number of hydrazine groups is 1. The number of hydrogen-bond acceptors (Lipinski definition) is 4. The topological polar surface area (TPSA) is 118 Å². The van der Waals surface area contributed by atoms with E-state index in [0.29, 0.717) is 0 Å². The zero-order valence-corrected chi connectivity index (χ0v) is 15.7. The minimum atomic E-state index is -4.07. The summed E-state index contributed by atoms with van der Waals surface area (Å²) in [5.74, 6) is -1.11. The summed E-state index contributed by atoms with van der Waals surface area (Å²) in [6, 6.07) is 9.26. The molecule has 2 rings (SSSR count). The van der Waals surface area contributed by atoms with E-state index in [9.17, 15) is 18.0 Å². The van der Waals surface area contributed by atoms with Gasteiger partial charge in [-0.05, 0) is 48.7 Å². The largest absolute Gasteiger partial charge is 0.273 e. The Kier molecular flexibility index (Phi) is 6.01. The van der Waals surface area contributed by atoms with E-state index in [1.165, 1.54) is 12.1 Å². The first kappa shape index (κ1) is 19.9. The van der Waals surface area contributed by atoms with Crippen molar-refractivity contribution in [1.29, 1.82) is 0 Å². The quantitative estimate of drug-likeness (QED) is 0.681. The molecule has 4 N–H and O–H groups in total. The summed E-state index contributed by atoms with van der Waals surface area (Å²) in [5.41, 5.74) is 7.50. The molecular weight excluding hydrogens is 378 g/mol. The molecule has 0 aromatic heterocycles. The first-order valence-corrected chi connectivity index (χ1v) is 9.48. The lowest BCUT2D eigenvalue weighted by molar-refractivity contribution is -0.121. The normalized spacial score (nSPS) is 11.1. The third-order valence-electron chi connectivity index (χ3n) is 3.75. The van der Waals surface area contributed by atoms with Crippen molar-refractivity contribution in [2.24, 2.45) is 5.14 Å². The number of halogens is 1. The summed E-state index contributed by atoms with van der Waals surface area (Å²) < 4.78 is 22.9. The van der Waals surface area contributed by atoms with Gasteiger partial charge in [-0.25, -0.2) is 13.6 Å². The van der Waals surface area contributed by atoms with Crippen LogP contribution in [0.5, 0.6) is 0 Å². The van der Waals surface area contributed by atoms with Crippen molar-refractivity contribution < 1.29 is 18.0 Å². The maximum Gasteiger partial charge on any atom is 0.269 e. The number of benzene rings is 2. The standard InChI is InChI=1S/C17H18ClN3O4S/c1-10-3-4-12(7-11(10)2)8-16(22)20-21-17(23)13-5-6-14(18)15(9-13)26(19,24)25/h3-7,9H,8H2,1-2H3,(H,20,22)(H,21,23)(H2,19,24,25). The van der Waals surface area contributed by atoms with Crippen LogP contribution in [0.1, 0.15) is 27.0 Å². The fourth-order valence-corrected chi connectivity index (χ4v) is 3.28. The van der Waals surface area contributed by atoms with Crippen LogP contribution in [-0.2, 0) is 21.2 Å². The highest BCUT2D eigenvalue weighted by Gasteiger charge is 2.16. The molecule has 2 aromatic rings. The number of nitrogens with two attached hydrogens (primary N) is 1. The molecule has 0 bridgehead atoms. The molecule has 0 aliphatic carbocycles. The summed E-state index contributed by atoms with van der Waals surface area (Å²) >= 11 is 5.77. The Morgan fingerprint density at radius 3 is 2.35 bits per heavy atom. The van der Waals surface area contributed by atoms with Gasteiger partial charge in [0.2, 0.25) is 15.9 Å². The van der Waals surface area contributed by atoms with Crippen molar-refractivity contribution in [3.05, 3.63) is 63.7 Å². The van der Waals surface area contributed by atoms with Crippen molar-refractivity contribution in [3.8, 4) is 0 Å². The van der Waals surface area contributed by atoms with Gasteiger partial charge in [-0.15, -0.1) is 0 Å². The van der Waals surface area contributed by atoms with Crippen molar-refractivity contribution in [2.75, 3.05) is 0 Å². The summed E-state index contributed by atoms with van der Waals surface area (Å²) in [7, 11) is -4.07. The molecule has 138 valence electrons. The molecule has 0 spiro atoms. The van der Waals surface area contributed by atoms with Gasteiger partial charge in [0, 0.05) is 5.56 Å². The third-order valence-corrected chi connectivity index (χ3v) is 5.14. The van der Waals surface area contributed by atoms with Gasteiger partial charge in [0.1, 0.15) is 4.90 Å². The van der Waals surface area contributed by atoms with Gasteiger partial charge in [-0.2, -0.15) is 0 Å². The fourth-order valence-electron chi connectivity index (χ4n) is 2.20. The molecule has 0 atom stereocenters. The Hall–Kier alpha value is -2.42. The average Bonchev–Trinajstić information content (AvgIpc) is 2.55. The van der Waals surface area contributed by atoms with Crippen LogP contribution in [0.15, 0.2) is 41.3 Å². The second-order valence-electron chi connectivity index (χ2n) is 5.79. The highest BCUT2D eigenvalue weighted by molar-refractivity contribution is 7.89. The summed E-state index contributed by atoms with van der Waals surface area (Å²) in [6.07, 6.45) is 0.0877. The Labute approximate surface area is 156 Å². The van der Waals surface area contributed by atoms with Gasteiger partial charge >= 0.3 is 0 Å². The smallest absolute Gasteiger partial charge is 0.269 e. The Morgan fingerprint density at radius 1 is 1.04 bits per heavy atom. The number of primary sulfonamides is 1. The number of hydrogen-bond donors (Lipinski definition) is 3. The number of amides is 2. The van der Waals surface area contributed by atoms with Gasteiger partial charge in [-0.1, -0.05) is 29.8 Å². The van der Waals surface area contributed by atoms with Crippen molar-refractivity contribution in [2.45, 2.75) is 25.2 Å². The highest BCUT2D eigenvalue weighted by atomic mass is 35.5. The summed E-state index contributed by atoms with van der Waals surface area (Å²) in [6.45, 7) is 3.92. The Morgan fingerprint density at radius 2 is 1.73 bits per heavy atom. The predicted molar refractivity (Wildman–Crippen MR) is 98.1 cm³/mol. The van der Waals surface area contributed by atoms with Crippen LogP contribution in [0.2, 0.25) is 5.02 Å². The van der Waals surface area contributed by atoms with E-state index in [1.54, 1.807) is 0 Å². The SMILES string of the molecule is Cc1ccc(CC(=O)NNC(=O)c2ccc(Cl)c(S(N)(=O)=O)c2)cc1C.